The van der Waals surface area contributed by atoms with E-state index in [9.17, 15) is 0 Å². The molecular formula is C6H8NO2+. The normalized spacial score (nSPS) is 16.0. The van der Waals surface area contributed by atoms with E-state index in [2.05, 4.69) is 0 Å². The lowest BCUT2D eigenvalue weighted by Gasteiger charge is -1.78. The van der Waals surface area contributed by atoms with Gasteiger partial charge in [0.25, 0.3) is 0 Å². The Morgan fingerprint density at radius 3 is 3.33 bits per heavy atom. The van der Waals surface area contributed by atoms with Crippen molar-refractivity contribution in [1.82, 2.24) is 0 Å². The van der Waals surface area contributed by atoms with E-state index in [1.165, 1.54) is 6.26 Å². The van der Waals surface area contributed by atoms with Crippen molar-refractivity contribution >= 4 is 0 Å². The summed E-state index contributed by atoms with van der Waals surface area (Å²) in [5, 5.41) is 9.04. The summed E-state index contributed by atoms with van der Waals surface area (Å²) < 4.78 is 6.81. The highest BCUT2D eigenvalue weighted by Crippen LogP contribution is 2.12. The maximum atomic E-state index is 9.04. The van der Waals surface area contributed by atoms with Crippen LogP contribution < -0.4 is 4.57 Å². The zero-order chi connectivity index (χ0) is 6.27. The number of fused-ring (bicyclic) bond motifs is 1. The van der Waals surface area contributed by atoms with Crippen LogP contribution in [0.5, 0.6) is 5.88 Å². The average Bonchev–Trinajstić information content (AvgIpc) is 2.35. The van der Waals surface area contributed by atoms with Crippen molar-refractivity contribution in [3.8, 4) is 5.88 Å². The van der Waals surface area contributed by atoms with Crippen LogP contribution in [0.2, 0.25) is 0 Å². The van der Waals surface area contributed by atoms with Gasteiger partial charge in [-0.1, -0.05) is 0 Å². The molecule has 3 heteroatoms. The van der Waals surface area contributed by atoms with Gasteiger partial charge < -0.3 is 9.52 Å². The van der Waals surface area contributed by atoms with Crippen LogP contribution in [-0.2, 0) is 13.0 Å². The first-order valence-corrected chi connectivity index (χ1v) is 3.07. The molecule has 1 N–H and O–H groups in total. The van der Waals surface area contributed by atoms with Crippen LogP contribution in [0, 0.1) is 0 Å². The van der Waals surface area contributed by atoms with Crippen LogP contribution in [0.15, 0.2) is 10.7 Å². The standard InChI is InChI=1S/C6H7NO2/c8-5-4-9-6-2-1-3-7(5)6/h4H,1-3H2/p+1. The van der Waals surface area contributed by atoms with Gasteiger partial charge >= 0.3 is 11.8 Å². The number of hydrogen-bond donors (Lipinski definition) is 1. The molecule has 0 aliphatic carbocycles. The van der Waals surface area contributed by atoms with Gasteiger partial charge in [0.1, 0.15) is 0 Å². The first kappa shape index (κ1) is 4.85. The van der Waals surface area contributed by atoms with Crippen molar-refractivity contribution < 1.29 is 14.1 Å². The fraction of sp³-hybridized carbons (Fsp3) is 0.500. The Bertz CT molecular complexity index is 229. The Morgan fingerprint density at radius 1 is 1.67 bits per heavy atom. The molecule has 0 saturated heterocycles. The van der Waals surface area contributed by atoms with Crippen molar-refractivity contribution in [2.24, 2.45) is 0 Å². The Labute approximate surface area is 52.5 Å². The highest BCUT2D eigenvalue weighted by atomic mass is 16.4. The van der Waals surface area contributed by atoms with Gasteiger partial charge in [-0.25, -0.2) is 0 Å². The largest absolute Gasteiger partial charge is 0.457 e. The minimum Gasteiger partial charge on any atom is -0.457 e. The number of aryl methyl sites for hydroxylation is 1. The average molecular weight is 126 g/mol. The van der Waals surface area contributed by atoms with Crippen molar-refractivity contribution in [2.45, 2.75) is 19.4 Å². The van der Waals surface area contributed by atoms with E-state index >= 15 is 0 Å². The van der Waals surface area contributed by atoms with Crippen molar-refractivity contribution in [1.29, 1.82) is 0 Å². The molecule has 0 amide bonds. The summed E-state index contributed by atoms with van der Waals surface area (Å²) in [6, 6.07) is 0. The molecule has 0 fully saturated rings. The fourth-order valence-corrected chi connectivity index (χ4v) is 1.20. The molecule has 1 aliphatic heterocycles. The summed E-state index contributed by atoms with van der Waals surface area (Å²) in [7, 11) is 0. The summed E-state index contributed by atoms with van der Waals surface area (Å²) in [5.74, 6) is 1.15. The minimum atomic E-state index is 0.252. The van der Waals surface area contributed by atoms with E-state index in [0.717, 1.165) is 25.3 Å². The fourth-order valence-electron chi connectivity index (χ4n) is 1.20. The molecule has 0 unspecified atom stereocenters. The SMILES string of the molecule is Oc1coc2[n+]1CCC2. The number of nitrogens with zero attached hydrogens (tertiary/aromatic N) is 1. The van der Waals surface area contributed by atoms with Crippen molar-refractivity contribution in [3.63, 3.8) is 0 Å². The predicted octanol–water partition coefficient (Wildman–Crippen LogP) is 0.219. The lowest BCUT2D eigenvalue weighted by molar-refractivity contribution is -0.699. The quantitative estimate of drug-likeness (QED) is 0.505. The highest BCUT2D eigenvalue weighted by molar-refractivity contribution is 4.90. The van der Waals surface area contributed by atoms with Gasteiger partial charge in [-0.05, 0) is 0 Å². The van der Waals surface area contributed by atoms with Crippen LogP contribution >= 0.6 is 0 Å². The third kappa shape index (κ3) is 0.542. The van der Waals surface area contributed by atoms with Crippen LogP contribution in [0.4, 0.5) is 0 Å². The molecule has 0 spiro atoms. The molecule has 0 atom stereocenters. The lowest BCUT2D eigenvalue weighted by Crippen LogP contribution is -2.29. The zero-order valence-electron chi connectivity index (χ0n) is 5.00. The van der Waals surface area contributed by atoms with Gasteiger partial charge in [-0.3, -0.25) is 0 Å². The molecule has 2 rings (SSSR count). The van der Waals surface area contributed by atoms with Crippen LogP contribution in [0.1, 0.15) is 12.3 Å². The summed E-state index contributed by atoms with van der Waals surface area (Å²) >= 11 is 0. The van der Waals surface area contributed by atoms with E-state index < -0.39 is 0 Å². The van der Waals surface area contributed by atoms with E-state index in [1.807, 2.05) is 0 Å². The molecule has 1 aromatic heterocycles. The molecular weight excluding hydrogens is 118 g/mol. The molecule has 0 radical (unpaired) electrons. The van der Waals surface area contributed by atoms with Gasteiger partial charge in [0.2, 0.25) is 6.26 Å². The van der Waals surface area contributed by atoms with Crippen LogP contribution in [0.3, 0.4) is 0 Å². The second-order valence-corrected chi connectivity index (χ2v) is 2.24. The molecule has 1 aromatic rings. The molecule has 2 heterocycles. The van der Waals surface area contributed by atoms with E-state index in [-0.39, 0.29) is 5.88 Å². The third-order valence-corrected chi connectivity index (χ3v) is 1.65. The number of hydrogen-bond acceptors (Lipinski definition) is 2. The second kappa shape index (κ2) is 1.50. The molecule has 1 aliphatic rings. The zero-order valence-corrected chi connectivity index (χ0v) is 5.00. The first-order valence-electron chi connectivity index (χ1n) is 3.07. The predicted molar refractivity (Wildman–Crippen MR) is 28.9 cm³/mol. The third-order valence-electron chi connectivity index (χ3n) is 1.65. The topological polar surface area (TPSA) is 37.3 Å². The van der Waals surface area contributed by atoms with E-state index in [1.54, 1.807) is 4.57 Å². The van der Waals surface area contributed by atoms with Crippen molar-refractivity contribution in [3.05, 3.63) is 12.2 Å². The second-order valence-electron chi connectivity index (χ2n) is 2.24. The Morgan fingerprint density at radius 2 is 2.56 bits per heavy atom. The summed E-state index contributed by atoms with van der Waals surface area (Å²) in [5.41, 5.74) is 0. The van der Waals surface area contributed by atoms with Gasteiger partial charge in [0.15, 0.2) is 6.54 Å². The number of oxazole rings is 1. The lowest BCUT2D eigenvalue weighted by atomic mass is 10.4. The molecule has 0 saturated carbocycles. The van der Waals surface area contributed by atoms with Crippen LogP contribution in [0.25, 0.3) is 0 Å². The van der Waals surface area contributed by atoms with Gasteiger partial charge in [-0.2, -0.15) is 0 Å². The first-order chi connectivity index (χ1) is 4.38. The molecule has 48 valence electrons. The molecule has 9 heavy (non-hydrogen) atoms. The van der Waals surface area contributed by atoms with Gasteiger partial charge in [0.05, 0.1) is 6.42 Å². The van der Waals surface area contributed by atoms with Crippen molar-refractivity contribution in [2.75, 3.05) is 0 Å². The maximum absolute atomic E-state index is 9.04. The Hall–Kier alpha value is -0.990. The van der Waals surface area contributed by atoms with Crippen LogP contribution in [-0.4, -0.2) is 5.11 Å². The summed E-state index contributed by atoms with van der Waals surface area (Å²) in [6.07, 6.45) is 3.43. The molecule has 3 nitrogen and oxygen atoms in total. The van der Waals surface area contributed by atoms with E-state index in [0.29, 0.717) is 0 Å². The number of aromatic nitrogens is 1. The number of aromatic hydroxyl groups is 1. The minimum absolute atomic E-state index is 0.252. The highest BCUT2D eigenvalue weighted by Gasteiger charge is 2.26. The molecule has 0 bridgehead atoms. The van der Waals surface area contributed by atoms with Gasteiger partial charge in [-0.15, -0.1) is 4.57 Å². The Balaban J connectivity index is 2.56. The summed E-state index contributed by atoms with van der Waals surface area (Å²) in [6.45, 7) is 0.900. The van der Waals surface area contributed by atoms with E-state index in [4.69, 9.17) is 9.52 Å². The Kier molecular flexibility index (Phi) is 0.806. The monoisotopic (exact) mass is 126 g/mol. The number of rotatable bonds is 0. The smallest absolute Gasteiger partial charge is 0.404 e. The maximum Gasteiger partial charge on any atom is 0.404 e. The molecule has 0 aromatic carbocycles. The van der Waals surface area contributed by atoms with Gasteiger partial charge in [0, 0.05) is 6.42 Å². The summed E-state index contributed by atoms with van der Waals surface area (Å²) in [4.78, 5) is 0.